The minimum atomic E-state index is -1.02. The highest BCUT2D eigenvalue weighted by molar-refractivity contribution is 5.89. The maximum absolute atomic E-state index is 10.7. The standard InChI is InChI=1S/C13H12N2O2.C2H6/c1-2-8-4-3-5-11-12(8)9(7-15-11)6-10(14)13(16)17;1-2/h1,3-5,7,10,15H,6,14H2,(H,16,17);1-2H3. The first kappa shape index (κ1) is 14.8. The van der Waals surface area contributed by atoms with Crippen molar-refractivity contribution in [2.24, 2.45) is 5.73 Å². The van der Waals surface area contributed by atoms with Crippen LogP contribution in [-0.2, 0) is 11.2 Å². The van der Waals surface area contributed by atoms with Gasteiger partial charge < -0.3 is 15.8 Å². The van der Waals surface area contributed by atoms with Crippen LogP contribution in [0, 0.1) is 12.3 Å². The van der Waals surface area contributed by atoms with Gasteiger partial charge in [-0.3, -0.25) is 4.79 Å². The molecular weight excluding hydrogens is 240 g/mol. The Kier molecular flexibility index (Phi) is 5.16. The van der Waals surface area contributed by atoms with Gasteiger partial charge >= 0.3 is 5.97 Å². The number of hydrogen-bond acceptors (Lipinski definition) is 2. The summed E-state index contributed by atoms with van der Waals surface area (Å²) in [5, 5.41) is 9.69. The molecule has 0 radical (unpaired) electrons. The van der Waals surface area contributed by atoms with E-state index in [0.29, 0.717) is 0 Å². The van der Waals surface area contributed by atoms with Crippen LogP contribution >= 0.6 is 0 Å². The SMILES string of the molecule is C#Cc1cccc2[nH]cc(CC(N)C(=O)O)c12.CC. The largest absolute Gasteiger partial charge is 0.480 e. The zero-order chi connectivity index (χ0) is 14.4. The molecule has 0 aliphatic heterocycles. The number of rotatable bonds is 3. The van der Waals surface area contributed by atoms with Crippen LogP contribution in [-0.4, -0.2) is 22.1 Å². The van der Waals surface area contributed by atoms with Crippen LogP contribution in [0.5, 0.6) is 0 Å². The lowest BCUT2D eigenvalue weighted by Gasteiger charge is -2.05. The number of carboxylic acids is 1. The van der Waals surface area contributed by atoms with E-state index in [1.54, 1.807) is 6.20 Å². The van der Waals surface area contributed by atoms with Gasteiger partial charge in [0.2, 0.25) is 0 Å². The zero-order valence-corrected chi connectivity index (χ0v) is 11.1. The van der Waals surface area contributed by atoms with Crippen LogP contribution in [0.25, 0.3) is 10.9 Å². The number of aromatic amines is 1. The molecule has 0 saturated carbocycles. The Morgan fingerprint density at radius 3 is 2.79 bits per heavy atom. The van der Waals surface area contributed by atoms with Gasteiger partial charge in [-0.05, 0) is 17.7 Å². The Morgan fingerprint density at radius 2 is 2.21 bits per heavy atom. The van der Waals surface area contributed by atoms with Gasteiger partial charge in [0.05, 0.1) is 0 Å². The smallest absolute Gasteiger partial charge is 0.320 e. The number of nitrogens with one attached hydrogen (secondary N) is 1. The fourth-order valence-electron chi connectivity index (χ4n) is 1.86. The molecule has 1 aromatic carbocycles. The Morgan fingerprint density at radius 1 is 1.53 bits per heavy atom. The molecule has 0 aliphatic carbocycles. The van der Waals surface area contributed by atoms with Gasteiger partial charge in [-0.25, -0.2) is 0 Å². The van der Waals surface area contributed by atoms with E-state index in [2.05, 4.69) is 10.9 Å². The second kappa shape index (κ2) is 6.62. The van der Waals surface area contributed by atoms with Crippen molar-refractivity contribution in [3.8, 4) is 12.3 Å². The second-order valence-corrected chi connectivity index (χ2v) is 3.84. The fourth-order valence-corrected chi connectivity index (χ4v) is 1.86. The number of carboxylic acid groups (broad SMARTS) is 1. The summed E-state index contributed by atoms with van der Waals surface area (Å²) in [7, 11) is 0. The third-order valence-electron chi connectivity index (χ3n) is 2.70. The van der Waals surface area contributed by atoms with Crippen LogP contribution in [0.3, 0.4) is 0 Å². The van der Waals surface area contributed by atoms with Crippen molar-refractivity contribution in [1.82, 2.24) is 4.98 Å². The van der Waals surface area contributed by atoms with Crippen LogP contribution in [0.2, 0.25) is 0 Å². The van der Waals surface area contributed by atoms with Crippen LogP contribution < -0.4 is 5.73 Å². The third kappa shape index (κ3) is 3.15. The lowest BCUT2D eigenvalue weighted by Crippen LogP contribution is -2.32. The minimum absolute atomic E-state index is 0.258. The Hall–Kier alpha value is -2.25. The molecule has 0 amide bonds. The third-order valence-corrected chi connectivity index (χ3v) is 2.70. The van der Waals surface area contributed by atoms with Crippen molar-refractivity contribution in [1.29, 1.82) is 0 Å². The molecule has 1 unspecified atom stereocenters. The Bertz CT molecular complexity index is 608. The number of aliphatic carboxylic acids is 1. The molecule has 0 spiro atoms. The molecule has 1 heterocycles. The molecule has 4 heteroatoms. The highest BCUT2D eigenvalue weighted by Gasteiger charge is 2.15. The predicted molar refractivity (Wildman–Crippen MR) is 76.9 cm³/mol. The van der Waals surface area contributed by atoms with E-state index in [4.69, 9.17) is 17.3 Å². The average molecular weight is 258 g/mol. The van der Waals surface area contributed by atoms with E-state index in [1.165, 1.54) is 0 Å². The Balaban J connectivity index is 0.000000861. The van der Waals surface area contributed by atoms with Gasteiger partial charge in [0.15, 0.2) is 0 Å². The molecule has 0 aliphatic rings. The molecule has 4 N–H and O–H groups in total. The number of aromatic nitrogens is 1. The van der Waals surface area contributed by atoms with Crippen molar-refractivity contribution in [3.05, 3.63) is 35.5 Å². The van der Waals surface area contributed by atoms with Gasteiger partial charge in [-0.1, -0.05) is 25.8 Å². The minimum Gasteiger partial charge on any atom is -0.480 e. The first-order valence-electron chi connectivity index (χ1n) is 6.17. The van der Waals surface area contributed by atoms with Gasteiger partial charge in [0, 0.05) is 29.1 Å². The number of terminal acetylenes is 1. The van der Waals surface area contributed by atoms with Gasteiger partial charge in [-0.2, -0.15) is 0 Å². The van der Waals surface area contributed by atoms with E-state index >= 15 is 0 Å². The fraction of sp³-hybridized carbons (Fsp3) is 0.267. The summed E-state index contributed by atoms with van der Waals surface area (Å²) in [6.07, 6.45) is 7.44. The summed E-state index contributed by atoms with van der Waals surface area (Å²) in [5.74, 6) is 1.57. The summed E-state index contributed by atoms with van der Waals surface area (Å²) < 4.78 is 0. The van der Waals surface area contributed by atoms with Crippen LogP contribution in [0.1, 0.15) is 25.0 Å². The van der Waals surface area contributed by atoms with E-state index in [1.807, 2.05) is 32.0 Å². The van der Waals surface area contributed by atoms with Gasteiger partial charge in [0.25, 0.3) is 0 Å². The van der Waals surface area contributed by atoms with E-state index < -0.39 is 12.0 Å². The molecule has 2 rings (SSSR count). The lowest BCUT2D eigenvalue weighted by atomic mass is 10.0. The van der Waals surface area contributed by atoms with E-state index in [9.17, 15) is 4.79 Å². The molecule has 0 fully saturated rings. The molecule has 2 aromatic rings. The molecule has 0 bridgehead atoms. The summed E-state index contributed by atoms with van der Waals surface area (Å²) in [5.41, 5.74) is 8.00. The quantitative estimate of drug-likeness (QED) is 0.738. The first-order chi connectivity index (χ1) is 9.13. The van der Waals surface area contributed by atoms with Crippen molar-refractivity contribution in [3.63, 3.8) is 0 Å². The molecule has 1 aromatic heterocycles. The number of H-pyrrole nitrogens is 1. The maximum Gasteiger partial charge on any atom is 0.320 e. The van der Waals surface area contributed by atoms with Gasteiger partial charge in [0.1, 0.15) is 6.04 Å². The van der Waals surface area contributed by atoms with Crippen LogP contribution in [0.15, 0.2) is 24.4 Å². The zero-order valence-electron chi connectivity index (χ0n) is 11.1. The average Bonchev–Trinajstić information content (AvgIpc) is 2.84. The van der Waals surface area contributed by atoms with Crippen molar-refractivity contribution < 1.29 is 9.90 Å². The van der Waals surface area contributed by atoms with Crippen LogP contribution in [0.4, 0.5) is 0 Å². The topological polar surface area (TPSA) is 79.1 Å². The second-order valence-electron chi connectivity index (χ2n) is 3.84. The molecule has 4 nitrogen and oxygen atoms in total. The number of benzene rings is 1. The normalized spacial score (nSPS) is 11.3. The first-order valence-corrected chi connectivity index (χ1v) is 6.17. The van der Waals surface area contributed by atoms with Gasteiger partial charge in [-0.15, -0.1) is 6.42 Å². The lowest BCUT2D eigenvalue weighted by molar-refractivity contribution is -0.138. The predicted octanol–water partition coefficient (Wildman–Crippen LogP) is 2.13. The molecule has 19 heavy (non-hydrogen) atoms. The van der Waals surface area contributed by atoms with E-state index in [0.717, 1.165) is 22.0 Å². The highest BCUT2D eigenvalue weighted by Crippen LogP contribution is 2.23. The van der Waals surface area contributed by atoms with Crippen molar-refractivity contribution in [2.75, 3.05) is 0 Å². The number of fused-ring (bicyclic) bond motifs is 1. The number of nitrogens with two attached hydrogens (primary N) is 1. The molecule has 100 valence electrons. The summed E-state index contributed by atoms with van der Waals surface area (Å²) >= 11 is 0. The van der Waals surface area contributed by atoms with E-state index in [-0.39, 0.29) is 6.42 Å². The summed E-state index contributed by atoms with van der Waals surface area (Å²) in [4.78, 5) is 13.8. The number of hydrogen-bond donors (Lipinski definition) is 3. The van der Waals surface area contributed by atoms with Crippen molar-refractivity contribution in [2.45, 2.75) is 26.3 Å². The summed E-state index contributed by atoms with van der Waals surface area (Å²) in [6, 6.07) is 4.66. The summed E-state index contributed by atoms with van der Waals surface area (Å²) in [6.45, 7) is 4.00. The monoisotopic (exact) mass is 258 g/mol. The maximum atomic E-state index is 10.7. The molecule has 1 atom stereocenters. The molecular formula is C15H18N2O2. The Labute approximate surface area is 112 Å². The molecule has 0 saturated heterocycles. The van der Waals surface area contributed by atoms with Crippen molar-refractivity contribution >= 4 is 16.9 Å². The highest BCUT2D eigenvalue weighted by atomic mass is 16.4. The number of carbonyl (C=O) groups is 1.